The highest BCUT2D eigenvalue weighted by Crippen LogP contribution is 2.31. The van der Waals surface area contributed by atoms with Crippen LogP contribution in [-0.4, -0.2) is 31.2 Å². The van der Waals surface area contributed by atoms with Crippen LogP contribution in [0.2, 0.25) is 0 Å². The molecular weight excluding hydrogens is 228 g/mol. The summed E-state index contributed by atoms with van der Waals surface area (Å²) in [5.74, 6) is 0.763. The van der Waals surface area contributed by atoms with Crippen LogP contribution in [0.1, 0.15) is 52.4 Å². The lowest BCUT2D eigenvalue weighted by atomic mass is 9.76. The number of methoxy groups -OCH3 is 1. The number of ether oxygens (including phenoxy) is 1. The lowest BCUT2D eigenvalue weighted by Crippen LogP contribution is -2.56. The number of rotatable bonds is 6. The normalized spacial score (nSPS) is 29.9. The second kappa shape index (κ2) is 7.10. The van der Waals surface area contributed by atoms with Gasteiger partial charge in [0.25, 0.3) is 0 Å². The minimum atomic E-state index is -0.162. The molecule has 18 heavy (non-hydrogen) atoms. The van der Waals surface area contributed by atoms with Crippen LogP contribution >= 0.6 is 0 Å². The molecule has 3 atom stereocenters. The van der Waals surface area contributed by atoms with Gasteiger partial charge in [0, 0.05) is 20.1 Å². The van der Waals surface area contributed by atoms with Crippen LogP contribution in [0.4, 0.5) is 0 Å². The molecule has 0 spiro atoms. The maximum atomic E-state index is 12.0. The molecule has 0 aromatic heterocycles. The quantitative estimate of drug-likeness (QED) is 0.762. The van der Waals surface area contributed by atoms with E-state index in [1.165, 1.54) is 6.42 Å². The predicted molar refractivity (Wildman–Crippen MR) is 73.3 cm³/mol. The fraction of sp³-hybridized carbons (Fsp3) is 0.929. The molecule has 0 aromatic carbocycles. The number of amides is 1. The van der Waals surface area contributed by atoms with E-state index in [0.717, 1.165) is 25.7 Å². The van der Waals surface area contributed by atoms with E-state index in [1.54, 1.807) is 7.11 Å². The first kappa shape index (κ1) is 15.4. The van der Waals surface area contributed by atoms with Crippen LogP contribution in [0.15, 0.2) is 0 Å². The molecule has 3 unspecified atom stereocenters. The summed E-state index contributed by atoms with van der Waals surface area (Å²) in [6.45, 7) is 4.76. The molecule has 1 saturated carbocycles. The van der Waals surface area contributed by atoms with E-state index in [4.69, 9.17) is 10.5 Å². The third-order valence-electron chi connectivity index (χ3n) is 4.07. The highest BCUT2D eigenvalue weighted by Gasteiger charge is 2.34. The summed E-state index contributed by atoms with van der Waals surface area (Å²) in [6, 6.07) is 0. The highest BCUT2D eigenvalue weighted by atomic mass is 16.5. The van der Waals surface area contributed by atoms with Gasteiger partial charge in [-0.2, -0.15) is 0 Å². The molecule has 1 aliphatic carbocycles. The molecule has 1 rings (SSSR count). The van der Waals surface area contributed by atoms with Crippen LogP contribution in [0.3, 0.4) is 0 Å². The van der Waals surface area contributed by atoms with Gasteiger partial charge < -0.3 is 15.8 Å². The van der Waals surface area contributed by atoms with Crippen molar-refractivity contribution in [2.45, 2.75) is 64.0 Å². The van der Waals surface area contributed by atoms with E-state index in [9.17, 15) is 4.79 Å². The van der Waals surface area contributed by atoms with Crippen LogP contribution in [0.25, 0.3) is 0 Å². The third-order valence-corrected chi connectivity index (χ3v) is 4.07. The van der Waals surface area contributed by atoms with Crippen molar-refractivity contribution in [3.8, 4) is 0 Å². The number of nitrogens with one attached hydrogen (secondary N) is 1. The Hall–Kier alpha value is -0.610. The van der Waals surface area contributed by atoms with E-state index in [0.29, 0.717) is 18.9 Å². The summed E-state index contributed by atoms with van der Waals surface area (Å²) in [6.07, 6.45) is 5.85. The number of carbonyl (C=O) groups is 1. The van der Waals surface area contributed by atoms with E-state index in [-0.39, 0.29) is 17.6 Å². The fourth-order valence-electron chi connectivity index (χ4n) is 2.82. The van der Waals surface area contributed by atoms with Gasteiger partial charge in [-0.25, -0.2) is 0 Å². The Balaban J connectivity index is 2.44. The van der Waals surface area contributed by atoms with Crippen LogP contribution in [0.5, 0.6) is 0 Å². The molecule has 4 heteroatoms. The number of hydrogen-bond acceptors (Lipinski definition) is 3. The molecule has 0 radical (unpaired) electrons. The predicted octanol–water partition coefficient (Wildman–Crippen LogP) is 1.83. The zero-order chi connectivity index (χ0) is 13.6. The van der Waals surface area contributed by atoms with Gasteiger partial charge in [0.15, 0.2) is 0 Å². The van der Waals surface area contributed by atoms with Crippen LogP contribution in [0, 0.1) is 5.92 Å². The summed E-state index contributed by atoms with van der Waals surface area (Å²) in [5.41, 5.74) is 5.73. The molecular formula is C14H28N2O2. The van der Waals surface area contributed by atoms with Crippen molar-refractivity contribution in [2.75, 3.05) is 13.7 Å². The average Bonchev–Trinajstić information content (AvgIpc) is 2.36. The second-order valence-electron chi connectivity index (χ2n) is 5.82. The van der Waals surface area contributed by atoms with Crippen molar-refractivity contribution in [3.63, 3.8) is 0 Å². The molecule has 1 fully saturated rings. The molecule has 0 heterocycles. The Kier molecular flexibility index (Phi) is 6.09. The van der Waals surface area contributed by atoms with Gasteiger partial charge in [0.2, 0.25) is 5.91 Å². The van der Waals surface area contributed by atoms with Crippen LogP contribution in [-0.2, 0) is 9.53 Å². The number of carbonyl (C=O) groups excluding carboxylic acids is 1. The molecule has 0 aliphatic heterocycles. The van der Waals surface area contributed by atoms with Gasteiger partial charge >= 0.3 is 0 Å². The van der Waals surface area contributed by atoms with E-state index in [2.05, 4.69) is 12.2 Å². The Morgan fingerprint density at radius 3 is 2.89 bits per heavy atom. The lowest BCUT2D eigenvalue weighted by molar-refractivity contribution is -0.124. The molecule has 1 aliphatic rings. The molecule has 1 amide bonds. The maximum absolute atomic E-state index is 12.0. The number of hydrogen-bond donors (Lipinski definition) is 2. The summed E-state index contributed by atoms with van der Waals surface area (Å²) in [7, 11) is 1.67. The first-order chi connectivity index (χ1) is 8.51. The lowest BCUT2D eigenvalue weighted by Gasteiger charge is -2.40. The van der Waals surface area contributed by atoms with Gasteiger partial charge in [0.05, 0.1) is 11.6 Å². The minimum absolute atomic E-state index is 0.110. The fourth-order valence-corrected chi connectivity index (χ4v) is 2.82. The highest BCUT2D eigenvalue weighted by molar-refractivity contribution is 5.76. The molecule has 4 nitrogen and oxygen atoms in total. The topological polar surface area (TPSA) is 64.3 Å². The van der Waals surface area contributed by atoms with Gasteiger partial charge in [-0.15, -0.1) is 0 Å². The molecule has 0 saturated heterocycles. The maximum Gasteiger partial charge on any atom is 0.220 e. The zero-order valence-electron chi connectivity index (χ0n) is 12.0. The Morgan fingerprint density at radius 1 is 1.61 bits per heavy atom. The van der Waals surface area contributed by atoms with E-state index >= 15 is 0 Å². The minimum Gasteiger partial charge on any atom is -0.382 e. The van der Waals surface area contributed by atoms with Crippen molar-refractivity contribution < 1.29 is 9.53 Å². The van der Waals surface area contributed by atoms with Crippen molar-refractivity contribution in [3.05, 3.63) is 0 Å². The summed E-state index contributed by atoms with van der Waals surface area (Å²) < 4.78 is 5.15. The molecule has 106 valence electrons. The average molecular weight is 256 g/mol. The van der Waals surface area contributed by atoms with Crippen molar-refractivity contribution in [2.24, 2.45) is 11.7 Å². The largest absolute Gasteiger partial charge is 0.382 e. The first-order valence-corrected chi connectivity index (χ1v) is 7.05. The van der Waals surface area contributed by atoms with Gasteiger partial charge in [-0.1, -0.05) is 19.8 Å². The smallest absolute Gasteiger partial charge is 0.220 e. The van der Waals surface area contributed by atoms with Crippen molar-refractivity contribution in [1.29, 1.82) is 0 Å². The SMILES string of the molecule is COC(C)CCC(=O)NC1(CN)CCCC(C)C1. The molecule has 0 aromatic rings. The Labute approximate surface area is 111 Å². The van der Waals surface area contributed by atoms with Gasteiger partial charge in [-0.3, -0.25) is 4.79 Å². The van der Waals surface area contributed by atoms with Gasteiger partial charge in [0.1, 0.15) is 0 Å². The second-order valence-corrected chi connectivity index (χ2v) is 5.82. The van der Waals surface area contributed by atoms with E-state index in [1.807, 2.05) is 6.92 Å². The number of nitrogens with two attached hydrogens (primary N) is 1. The molecule has 3 N–H and O–H groups in total. The van der Waals surface area contributed by atoms with Gasteiger partial charge in [-0.05, 0) is 32.1 Å². The first-order valence-electron chi connectivity index (χ1n) is 7.05. The Morgan fingerprint density at radius 2 is 2.33 bits per heavy atom. The summed E-state index contributed by atoms with van der Waals surface area (Å²) in [5, 5.41) is 3.17. The van der Waals surface area contributed by atoms with E-state index < -0.39 is 0 Å². The van der Waals surface area contributed by atoms with Crippen molar-refractivity contribution in [1.82, 2.24) is 5.32 Å². The van der Waals surface area contributed by atoms with Crippen molar-refractivity contribution >= 4 is 5.91 Å². The van der Waals surface area contributed by atoms with Crippen LogP contribution < -0.4 is 11.1 Å². The standard InChI is InChI=1S/C14H28N2O2/c1-11-5-4-8-14(9-11,10-15)16-13(17)7-6-12(2)18-3/h11-12H,4-10,15H2,1-3H3,(H,16,17). The molecule has 0 bridgehead atoms. The monoisotopic (exact) mass is 256 g/mol. The summed E-state index contributed by atoms with van der Waals surface area (Å²) in [4.78, 5) is 12.0. The zero-order valence-corrected chi connectivity index (χ0v) is 12.0. The third kappa shape index (κ3) is 4.58. The summed E-state index contributed by atoms with van der Waals surface area (Å²) >= 11 is 0. The Bertz CT molecular complexity index is 271.